The van der Waals surface area contributed by atoms with Crippen LogP contribution in [0.25, 0.3) is 10.9 Å². The maximum atomic E-state index is 2.30. The molecule has 0 fully saturated rings. The van der Waals surface area contributed by atoms with Gasteiger partial charge in [0.1, 0.15) is 0 Å². The summed E-state index contributed by atoms with van der Waals surface area (Å²) in [5.41, 5.74) is 1.39. The number of rotatable bonds is 0. The van der Waals surface area contributed by atoms with Crippen LogP contribution in [-0.4, -0.2) is 0 Å². The molecule has 1 aliphatic heterocycles. The maximum Gasteiger partial charge on any atom is 0.227 e. The Morgan fingerprint density at radius 1 is 1.17 bits per heavy atom. The fourth-order valence-electron chi connectivity index (χ4n) is 1.67. The summed E-state index contributed by atoms with van der Waals surface area (Å²) in [5.74, 6) is 1.07. The third-order valence-corrected chi connectivity index (χ3v) is 3.27. The molecule has 58 valence electrons. The van der Waals surface area contributed by atoms with Crippen molar-refractivity contribution in [3.8, 4) is 0 Å². The SMILES string of the molecule is c1cc2c3c(c1)ccc[n+]3CS2. The van der Waals surface area contributed by atoms with E-state index in [-0.39, 0.29) is 0 Å². The summed E-state index contributed by atoms with van der Waals surface area (Å²) in [4.78, 5) is 1.41. The Bertz CT molecular complexity index is 412. The van der Waals surface area contributed by atoms with Crippen LogP contribution in [0.2, 0.25) is 0 Å². The van der Waals surface area contributed by atoms with E-state index >= 15 is 0 Å². The van der Waals surface area contributed by atoms with Crippen LogP contribution in [0.3, 0.4) is 0 Å². The first-order chi connectivity index (χ1) is 5.95. The van der Waals surface area contributed by atoms with Gasteiger partial charge in [0.15, 0.2) is 12.1 Å². The molecule has 0 bridgehead atoms. The van der Waals surface area contributed by atoms with Crippen molar-refractivity contribution >= 4 is 22.7 Å². The molecule has 0 aliphatic carbocycles. The second kappa shape index (κ2) is 2.23. The van der Waals surface area contributed by atoms with Crippen molar-refractivity contribution in [1.82, 2.24) is 0 Å². The van der Waals surface area contributed by atoms with E-state index in [0.717, 1.165) is 5.88 Å². The molecule has 2 heterocycles. The van der Waals surface area contributed by atoms with Gasteiger partial charge in [-0.25, -0.2) is 0 Å². The van der Waals surface area contributed by atoms with Gasteiger partial charge in [-0.2, -0.15) is 4.57 Å². The molecule has 12 heavy (non-hydrogen) atoms. The zero-order valence-corrected chi connectivity index (χ0v) is 7.34. The van der Waals surface area contributed by atoms with Crippen LogP contribution < -0.4 is 4.57 Å². The van der Waals surface area contributed by atoms with Crippen LogP contribution in [0, 0.1) is 0 Å². The van der Waals surface area contributed by atoms with Gasteiger partial charge in [-0.05, 0) is 30.0 Å². The molecule has 1 nitrogen and oxygen atoms in total. The highest BCUT2D eigenvalue weighted by atomic mass is 32.2. The van der Waals surface area contributed by atoms with E-state index in [0.29, 0.717) is 0 Å². The molecular formula is C10H8NS+. The Morgan fingerprint density at radius 2 is 2.08 bits per heavy atom. The Labute approximate surface area is 75.0 Å². The molecule has 1 aromatic carbocycles. The lowest BCUT2D eigenvalue weighted by Gasteiger charge is -1.92. The molecular weight excluding hydrogens is 166 g/mol. The second-order valence-corrected chi connectivity index (χ2v) is 3.93. The van der Waals surface area contributed by atoms with Gasteiger partial charge in [0.05, 0.1) is 4.90 Å². The van der Waals surface area contributed by atoms with Gasteiger partial charge in [-0.3, -0.25) is 0 Å². The number of nitrogens with zero attached hydrogens (tertiary/aromatic N) is 1. The number of thioether (sulfide) groups is 1. The lowest BCUT2D eigenvalue weighted by molar-refractivity contribution is -0.647. The van der Waals surface area contributed by atoms with Crippen molar-refractivity contribution < 1.29 is 4.57 Å². The van der Waals surface area contributed by atoms with Crippen molar-refractivity contribution in [2.24, 2.45) is 0 Å². The summed E-state index contributed by atoms with van der Waals surface area (Å²) < 4.78 is 2.30. The van der Waals surface area contributed by atoms with Crippen molar-refractivity contribution in [3.63, 3.8) is 0 Å². The lowest BCUT2D eigenvalue weighted by atomic mass is 10.2. The van der Waals surface area contributed by atoms with Crippen LogP contribution in [0.15, 0.2) is 41.4 Å². The van der Waals surface area contributed by atoms with E-state index in [4.69, 9.17) is 0 Å². The summed E-state index contributed by atoms with van der Waals surface area (Å²) in [6.45, 7) is 0. The molecule has 2 aromatic rings. The number of hydrogen-bond acceptors (Lipinski definition) is 1. The smallest absolute Gasteiger partial charge is 0.187 e. The third-order valence-electron chi connectivity index (χ3n) is 2.22. The monoisotopic (exact) mass is 174 g/mol. The Morgan fingerprint density at radius 3 is 3.08 bits per heavy atom. The summed E-state index contributed by atoms with van der Waals surface area (Å²) in [7, 11) is 0. The van der Waals surface area contributed by atoms with Crippen molar-refractivity contribution in [2.45, 2.75) is 10.8 Å². The normalized spacial score (nSPS) is 14.0. The minimum Gasteiger partial charge on any atom is -0.187 e. The topological polar surface area (TPSA) is 3.88 Å². The molecule has 1 aromatic heterocycles. The second-order valence-electron chi connectivity index (χ2n) is 2.95. The maximum absolute atomic E-state index is 2.30. The molecule has 0 amide bonds. The first-order valence-electron chi connectivity index (χ1n) is 3.99. The molecule has 0 saturated heterocycles. The van der Waals surface area contributed by atoms with Crippen LogP contribution in [-0.2, 0) is 5.88 Å². The highest BCUT2D eigenvalue weighted by Crippen LogP contribution is 2.29. The molecule has 1 aliphatic rings. The average Bonchev–Trinajstić information content (AvgIpc) is 2.52. The highest BCUT2D eigenvalue weighted by Gasteiger charge is 2.20. The molecule has 0 unspecified atom stereocenters. The molecule has 0 spiro atoms. The fourth-order valence-corrected chi connectivity index (χ4v) is 2.71. The number of pyridine rings is 1. The molecule has 0 atom stereocenters. The number of para-hydroxylation sites is 1. The highest BCUT2D eigenvalue weighted by molar-refractivity contribution is 7.98. The van der Waals surface area contributed by atoms with E-state index in [1.165, 1.54) is 15.8 Å². The number of benzene rings is 1. The lowest BCUT2D eigenvalue weighted by Crippen LogP contribution is -2.28. The Balaban J connectivity index is 2.58. The van der Waals surface area contributed by atoms with E-state index in [1.807, 2.05) is 11.8 Å². The van der Waals surface area contributed by atoms with Gasteiger partial charge in [0.2, 0.25) is 5.52 Å². The van der Waals surface area contributed by atoms with Crippen molar-refractivity contribution in [2.75, 3.05) is 0 Å². The third kappa shape index (κ3) is 0.730. The predicted octanol–water partition coefficient (Wildman–Crippen LogP) is 2.19. The van der Waals surface area contributed by atoms with E-state index in [2.05, 4.69) is 41.1 Å². The largest absolute Gasteiger partial charge is 0.227 e. The minimum atomic E-state index is 1.07. The van der Waals surface area contributed by atoms with Gasteiger partial charge < -0.3 is 0 Å². The van der Waals surface area contributed by atoms with Crippen molar-refractivity contribution in [1.29, 1.82) is 0 Å². The van der Waals surface area contributed by atoms with Crippen molar-refractivity contribution in [3.05, 3.63) is 36.5 Å². The molecule has 2 heteroatoms. The summed E-state index contributed by atoms with van der Waals surface area (Å²) in [5, 5.41) is 1.35. The zero-order chi connectivity index (χ0) is 7.97. The van der Waals surface area contributed by atoms with E-state index in [1.54, 1.807) is 0 Å². The minimum absolute atomic E-state index is 1.07. The fraction of sp³-hybridized carbons (Fsp3) is 0.100. The molecule has 0 radical (unpaired) electrons. The first kappa shape index (κ1) is 6.49. The van der Waals surface area contributed by atoms with Gasteiger partial charge in [-0.1, -0.05) is 6.07 Å². The van der Waals surface area contributed by atoms with Gasteiger partial charge in [0.25, 0.3) is 0 Å². The van der Waals surface area contributed by atoms with Crippen LogP contribution >= 0.6 is 11.8 Å². The molecule has 0 saturated carbocycles. The standard InChI is InChI=1S/C10H8NS/c1-3-8-4-2-6-11-7-12-9(5-1)10(8)11/h1-6H,7H2/q+1. The van der Waals surface area contributed by atoms with Crippen LogP contribution in [0.4, 0.5) is 0 Å². The van der Waals surface area contributed by atoms with Gasteiger partial charge >= 0.3 is 0 Å². The predicted molar refractivity (Wildman–Crippen MR) is 50.0 cm³/mol. The summed E-state index contributed by atoms with van der Waals surface area (Å²) >= 11 is 1.91. The molecule has 3 rings (SSSR count). The number of hydrogen-bond donors (Lipinski definition) is 0. The average molecular weight is 174 g/mol. The summed E-state index contributed by atoms with van der Waals surface area (Å²) in [6.07, 6.45) is 2.14. The van der Waals surface area contributed by atoms with Gasteiger partial charge in [-0.15, -0.1) is 0 Å². The zero-order valence-electron chi connectivity index (χ0n) is 6.53. The summed E-state index contributed by atoms with van der Waals surface area (Å²) in [6, 6.07) is 10.8. The van der Waals surface area contributed by atoms with Crippen LogP contribution in [0.5, 0.6) is 0 Å². The quantitative estimate of drug-likeness (QED) is 0.554. The number of aromatic nitrogens is 1. The Hall–Kier alpha value is -1.02. The Kier molecular flexibility index (Phi) is 1.21. The first-order valence-corrected chi connectivity index (χ1v) is 4.98. The van der Waals surface area contributed by atoms with E-state index < -0.39 is 0 Å². The van der Waals surface area contributed by atoms with Gasteiger partial charge in [0, 0.05) is 11.5 Å². The van der Waals surface area contributed by atoms with E-state index in [9.17, 15) is 0 Å². The molecule has 0 N–H and O–H groups in total. The van der Waals surface area contributed by atoms with Crippen LogP contribution in [0.1, 0.15) is 0 Å².